The SMILES string of the molecule is N[C@H]1CCCC(F)(F)[C@@H]1N(C(=O)c1nc(F)c(Cl)s1)c1cnn2ccccc12. The number of carbonyl (C=O) groups excluding carboxylic acids is 1. The lowest BCUT2D eigenvalue weighted by Crippen LogP contribution is -2.61. The molecule has 1 amide bonds. The Bertz CT molecular complexity index is 1020. The van der Waals surface area contributed by atoms with Crippen molar-refractivity contribution in [1.29, 1.82) is 0 Å². The van der Waals surface area contributed by atoms with Crippen molar-refractivity contribution in [2.75, 3.05) is 4.90 Å². The van der Waals surface area contributed by atoms with Gasteiger partial charge >= 0.3 is 0 Å². The van der Waals surface area contributed by atoms with Gasteiger partial charge in [-0.2, -0.15) is 9.49 Å². The van der Waals surface area contributed by atoms with E-state index in [0.29, 0.717) is 23.3 Å². The Morgan fingerprint density at radius 2 is 2.21 bits per heavy atom. The van der Waals surface area contributed by atoms with Crippen LogP contribution in [0, 0.1) is 5.95 Å². The quantitative estimate of drug-likeness (QED) is 0.688. The number of anilines is 1. The van der Waals surface area contributed by atoms with Gasteiger partial charge in [0.1, 0.15) is 6.04 Å². The summed E-state index contributed by atoms with van der Waals surface area (Å²) < 4.78 is 44.6. The third kappa shape index (κ3) is 3.15. The standard InChI is InChI=1S/C17H15ClF3N5OS/c18-13-14(19)24-15(28-13)16(27)26(12-9(22)4-3-6-17(12,20)21)11-8-23-25-7-2-1-5-10(11)25/h1-2,5,7-9,12H,3-4,6,22H2/t9-,12+/m0/s1. The molecule has 3 aromatic heterocycles. The van der Waals surface area contributed by atoms with Crippen LogP contribution in [0.2, 0.25) is 4.34 Å². The molecule has 4 rings (SSSR count). The van der Waals surface area contributed by atoms with Gasteiger partial charge in [-0.15, -0.1) is 0 Å². The highest BCUT2D eigenvalue weighted by Crippen LogP contribution is 2.40. The molecular weight excluding hydrogens is 415 g/mol. The summed E-state index contributed by atoms with van der Waals surface area (Å²) in [5, 5.41) is 3.80. The van der Waals surface area contributed by atoms with E-state index in [0.717, 1.165) is 4.90 Å². The second-order valence-corrected chi connectivity index (χ2v) is 8.18. The van der Waals surface area contributed by atoms with Crippen molar-refractivity contribution in [3.05, 3.63) is 45.9 Å². The molecule has 1 aliphatic carbocycles. The van der Waals surface area contributed by atoms with Crippen molar-refractivity contribution in [3.63, 3.8) is 0 Å². The van der Waals surface area contributed by atoms with Crippen LogP contribution >= 0.6 is 22.9 Å². The van der Waals surface area contributed by atoms with Crippen molar-refractivity contribution in [2.24, 2.45) is 5.73 Å². The second kappa shape index (κ2) is 7.02. The molecule has 2 atom stereocenters. The molecular formula is C17H15ClF3N5OS. The smallest absolute Gasteiger partial charge is 0.288 e. The predicted molar refractivity (Wildman–Crippen MR) is 99.6 cm³/mol. The van der Waals surface area contributed by atoms with E-state index in [-0.39, 0.29) is 21.5 Å². The first-order valence-electron chi connectivity index (χ1n) is 8.51. The molecule has 1 fully saturated rings. The topological polar surface area (TPSA) is 76.5 Å². The Morgan fingerprint density at radius 3 is 2.89 bits per heavy atom. The lowest BCUT2D eigenvalue weighted by Gasteiger charge is -2.42. The van der Waals surface area contributed by atoms with Crippen LogP contribution in [0.15, 0.2) is 30.6 Å². The van der Waals surface area contributed by atoms with Gasteiger partial charge in [0.25, 0.3) is 11.8 Å². The molecule has 0 bridgehead atoms. The molecule has 3 heterocycles. The summed E-state index contributed by atoms with van der Waals surface area (Å²) in [5.74, 6) is -5.14. The number of fused-ring (bicyclic) bond motifs is 1. The van der Waals surface area contributed by atoms with Gasteiger partial charge in [0.2, 0.25) is 5.95 Å². The minimum absolute atomic E-state index is 0.152. The number of aromatic nitrogens is 3. The van der Waals surface area contributed by atoms with Crippen molar-refractivity contribution < 1.29 is 18.0 Å². The molecule has 3 aromatic rings. The average Bonchev–Trinajstić information content (AvgIpc) is 3.21. The highest BCUT2D eigenvalue weighted by molar-refractivity contribution is 7.17. The monoisotopic (exact) mass is 429 g/mol. The van der Waals surface area contributed by atoms with Crippen LogP contribution in [-0.2, 0) is 0 Å². The number of hydrogen-bond donors (Lipinski definition) is 1. The molecule has 11 heteroatoms. The highest BCUT2D eigenvalue weighted by atomic mass is 35.5. The molecule has 0 unspecified atom stereocenters. The first kappa shape index (κ1) is 19.2. The van der Waals surface area contributed by atoms with Gasteiger partial charge in [0.15, 0.2) is 9.34 Å². The normalized spacial score (nSPS) is 21.8. The van der Waals surface area contributed by atoms with E-state index in [2.05, 4.69) is 10.1 Å². The first-order chi connectivity index (χ1) is 13.3. The molecule has 1 aliphatic rings. The fraction of sp³-hybridized carbons (Fsp3) is 0.353. The van der Waals surface area contributed by atoms with Crippen LogP contribution in [0.1, 0.15) is 29.1 Å². The maximum Gasteiger partial charge on any atom is 0.288 e. The Hall–Kier alpha value is -2.17. The van der Waals surface area contributed by atoms with Gasteiger partial charge in [-0.25, -0.2) is 18.3 Å². The summed E-state index contributed by atoms with van der Waals surface area (Å²) in [7, 11) is 0. The van der Waals surface area contributed by atoms with Gasteiger partial charge in [0.05, 0.1) is 17.4 Å². The van der Waals surface area contributed by atoms with Gasteiger partial charge in [-0.05, 0) is 25.0 Å². The van der Waals surface area contributed by atoms with Crippen LogP contribution in [0.4, 0.5) is 18.9 Å². The summed E-state index contributed by atoms with van der Waals surface area (Å²) in [6.07, 6.45) is 3.12. The van der Waals surface area contributed by atoms with E-state index in [1.54, 1.807) is 24.4 Å². The Morgan fingerprint density at radius 1 is 1.43 bits per heavy atom. The van der Waals surface area contributed by atoms with Crippen LogP contribution in [0.5, 0.6) is 0 Å². The number of thiazole rings is 1. The number of carbonyl (C=O) groups is 1. The van der Waals surface area contributed by atoms with Gasteiger partial charge in [-0.1, -0.05) is 29.0 Å². The zero-order valence-electron chi connectivity index (χ0n) is 14.4. The van der Waals surface area contributed by atoms with Crippen LogP contribution in [0.3, 0.4) is 0 Å². The van der Waals surface area contributed by atoms with Crippen molar-refractivity contribution in [3.8, 4) is 0 Å². The Labute approximate surface area is 166 Å². The minimum Gasteiger partial charge on any atom is -0.326 e. The largest absolute Gasteiger partial charge is 0.326 e. The number of nitrogens with zero attached hydrogens (tertiary/aromatic N) is 4. The number of rotatable bonds is 3. The van der Waals surface area contributed by atoms with Gasteiger partial charge < -0.3 is 5.73 Å². The average molecular weight is 430 g/mol. The molecule has 1 saturated carbocycles. The second-order valence-electron chi connectivity index (χ2n) is 6.58. The molecule has 148 valence electrons. The molecule has 0 radical (unpaired) electrons. The molecule has 0 saturated heterocycles. The molecule has 0 aliphatic heterocycles. The van der Waals surface area contributed by atoms with Crippen molar-refractivity contribution >= 4 is 40.0 Å². The number of nitrogens with two attached hydrogens (primary N) is 1. The van der Waals surface area contributed by atoms with Crippen molar-refractivity contribution in [2.45, 2.75) is 37.3 Å². The summed E-state index contributed by atoms with van der Waals surface area (Å²) in [4.78, 5) is 17.6. The van der Waals surface area contributed by atoms with E-state index in [4.69, 9.17) is 17.3 Å². The van der Waals surface area contributed by atoms with Crippen LogP contribution in [0.25, 0.3) is 5.52 Å². The molecule has 0 aromatic carbocycles. The first-order valence-corrected chi connectivity index (χ1v) is 9.70. The number of amides is 1. The maximum absolute atomic E-state index is 14.9. The molecule has 0 spiro atoms. The highest BCUT2D eigenvalue weighted by Gasteiger charge is 2.52. The lowest BCUT2D eigenvalue weighted by molar-refractivity contribution is -0.0588. The number of alkyl halides is 2. The van der Waals surface area contributed by atoms with Crippen molar-refractivity contribution in [1.82, 2.24) is 14.6 Å². The van der Waals surface area contributed by atoms with E-state index in [9.17, 15) is 18.0 Å². The fourth-order valence-electron chi connectivity index (χ4n) is 3.54. The van der Waals surface area contributed by atoms with E-state index < -0.39 is 36.3 Å². The van der Waals surface area contributed by atoms with Gasteiger partial charge in [-0.3, -0.25) is 9.69 Å². The molecule has 28 heavy (non-hydrogen) atoms. The molecule has 6 nitrogen and oxygen atoms in total. The fourth-order valence-corrected chi connectivity index (χ4v) is 4.41. The Balaban J connectivity index is 1.89. The van der Waals surface area contributed by atoms with Gasteiger partial charge in [0, 0.05) is 18.7 Å². The zero-order chi connectivity index (χ0) is 20.1. The van der Waals surface area contributed by atoms with E-state index in [1.807, 2.05) is 0 Å². The maximum atomic E-state index is 14.9. The summed E-state index contributed by atoms with van der Waals surface area (Å²) >= 11 is 6.28. The van der Waals surface area contributed by atoms with Crippen LogP contribution in [-0.4, -0.2) is 38.5 Å². The summed E-state index contributed by atoms with van der Waals surface area (Å²) in [6.45, 7) is 0. The number of pyridine rings is 1. The zero-order valence-corrected chi connectivity index (χ0v) is 15.9. The Kier molecular flexibility index (Phi) is 4.80. The number of halogens is 4. The molecule has 2 N–H and O–H groups in total. The van der Waals surface area contributed by atoms with E-state index in [1.165, 1.54) is 10.7 Å². The van der Waals surface area contributed by atoms with E-state index >= 15 is 0 Å². The summed E-state index contributed by atoms with van der Waals surface area (Å²) in [6, 6.07) is 2.47. The third-order valence-corrected chi connectivity index (χ3v) is 5.97. The van der Waals surface area contributed by atoms with Crippen LogP contribution < -0.4 is 10.6 Å². The number of hydrogen-bond acceptors (Lipinski definition) is 5. The minimum atomic E-state index is -3.23. The lowest BCUT2D eigenvalue weighted by atomic mass is 9.86. The predicted octanol–water partition coefficient (Wildman–Crippen LogP) is 3.75. The summed E-state index contributed by atoms with van der Waals surface area (Å²) in [5.41, 5.74) is 6.63. The third-order valence-electron chi connectivity index (χ3n) is 4.78.